The summed E-state index contributed by atoms with van der Waals surface area (Å²) in [5.41, 5.74) is 2.71. The van der Waals surface area contributed by atoms with E-state index in [-0.39, 0.29) is 5.15 Å². The molecule has 1 saturated carbocycles. The molecule has 30 heavy (non-hydrogen) atoms. The van der Waals surface area contributed by atoms with Gasteiger partial charge in [0.2, 0.25) is 0 Å². The summed E-state index contributed by atoms with van der Waals surface area (Å²) in [4.78, 5) is 19.1. The third kappa shape index (κ3) is 3.96. The highest BCUT2D eigenvalue weighted by atomic mass is 35.5. The lowest BCUT2D eigenvalue weighted by Gasteiger charge is -2.28. The minimum absolute atomic E-state index is 0.251. The molecule has 4 rings (SSSR count). The molecular formula is C22H22ClN5O2. The molecule has 1 fully saturated rings. The van der Waals surface area contributed by atoms with Crippen LogP contribution < -0.4 is 4.90 Å². The fraction of sp³-hybridized carbons (Fsp3) is 0.364. The molecule has 1 amide bonds. The predicted molar refractivity (Wildman–Crippen MR) is 114 cm³/mol. The molecule has 0 bridgehead atoms. The number of aryl methyl sites for hydroxylation is 1. The van der Waals surface area contributed by atoms with Crippen molar-refractivity contribution in [3.05, 3.63) is 52.3 Å². The van der Waals surface area contributed by atoms with Gasteiger partial charge in [-0.2, -0.15) is 14.9 Å². The van der Waals surface area contributed by atoms with Crippen molar-refractivity contribution in [2.24, 2.45) is 0 Å². The molecule has 154 valence electrons. The Morgan fingerprint density at radius 3 is 2.67 bits per heavy atom. The van der Waals surface area contributed by atoms with E-state index in [0.717, 1.165) is 24.0 Å². The number of anilines is 2. The number of halogens is 1. The standard InChI is InChI=1S/C22H22ClN5O2/c1-13-7-14(11-24)9-16(8-13)27(21(29)30-22(2,3)4)19-10-18(23)26-20-17(15-5-6-15)12-25-28(19)20/h7-10,12,15H,5-6H2,1-4H3. The Kier molecular flexibility index (Phi) is 4.91. The van der Waals surface area contributed by atoms with Crippen molar-refractivity contribution in [2.75, 3.05) is 4.90 Å². The maximum absolute atomic E-state index is 13.3. The zero-order chi connectivity index (χ0) is 21.6. The van der Waals surface area contributed by atoms with Gasteiger partial charge in [-0.05, 0) is 70.2 Å². The molecule has 7 nitrogen and oxygen atoms in total. The van der Waals surface area contributed by atoms with Crippen molar-refractivity contribution >= 4 is 34.8 Å². The molecule has 0 unspecified atom stereocenters. The molecule has 0 N–H and O–H groups in total. The summed E-state index contributed by atoms with van der Waals surface area (Å²) in [7, 11) is 0. The maximum Gasteiger partial charge on any atom is 0.420 e. The number of fused-ring (bicyclic) bond motifs is 1. The van der Waals surface area contributed by atoms with Crippen LogP contribution >= 0.6 is 11.6 Å². The van der Waals surface area contributed by atoms with Crippen LogP contribution in [0.1, 0.15) is 56.2 Å². The van der Waals surface area contributed by atoms with Crippen molar-refractivity contribution < 1.29 is 9.53 Å². The summed E-state index contributed by atoms with van der Waals surface area (Å²) in [5, 5.41) is 14.2. The first kappa shape index (κ1) is 20.2. The topological polar surface area (TPSA) is 83.5 Å². The number of hydrogen-bond donors (Lipinski definition) is 0. The normalized spacial score (nSPS) is 13.9. The number of hydrogen-bond acceptors (Lipinski definition) is 5. The number of benzene rings is 1. The molecule has 0 saturated heterocycles. The van der Waals surface area contributed by atoms with Crippen LogP contribution in [0.2, 0.25) is 5.15 Å². The number of nitrogens with zero attached hydrogens (tertiary/aromatic N) is 5. The highest BCUT2D eigenvalue weighted by molar-refractivity contribution is 6.30. The fourth-order valence-corrected chi connectivity index (χ4v) is 3.55. The monoisotopic (exact) mass is 423 g/mol. The third-order valence-corrected chi connectivity index (χ3v) is 4.91. The number of amides is 1. The number of aromatic nitrogens is 3. The Labute approximate surface area is 179 Å². The molecule has 3 aromatic rings. The molecule has 1 aromatic carbocycles. The molecule has 2 heterocycles. The van der Waals surface area contributed by atoms with Gasteiger partial charge in [0.05, 0.1) is 23.5 Å². The Hall–Kier alpha value is -3.11. The van der Waals surface area contributed by atoms with E-state index in [1.165, 1.54) is 4.90 Å². The highest BCUT2D eigenvalue weighted by Gasteiger charge is 2.31. The van der Waals surface area contributed by atoms with Gasteiger partial charge < -0.3 is 4.74 Å². The molecule has 0 radical (unpaired) electrons. The zero-order valence-electron chi connectivity index (χ0n) is 17.3. The second kappa shape index (κ2) is 7.29. The first-order chi connectivity index (χ1) is 14.2. The molecule has 2 aromatic heterocycles. The maximum atomic E-state index is 13.3. The molecule has 1 aliphatic carbocycles. The van der Waals surface area contributed by atoms with Crippen LogP contribution in [-0.4, -0.2) is 26.3 Å². The number of nitriles is 1. The number of carbonyl (C=O) groups is 1. The lowest BCUT2D eigenvalue weighted by atomic mass is 10.1. The average molecular weight is 424 g/mol. The Morgan fingerprint density at radius 2 is 2.03 bits per heavy atom. The van der Waals surface area contributed by atoms with E-state index < -0.39 is 11.7 Å². The van der Waals surface area contributed by atoms with E-state index in [4.69, 9.17) is 16.3 Å². The molecular weight excluding hydrogens is 402 g/mol. The highest BCUT2D eigenvalue weighted by Crippen LogP contribution is 2.42. The van der Waals surface area contributed by atoms with Crippen LogP contribution in [0.3, 0.4) is 0 Å². The average Bonchev–Trinajstić information content (AvgIpc) is 3.39. The smallest absolute Gasteiger partial charge is 0.420 e. The van der Waals surface area contributed by atoms with E-state index in [2.05, 4.69) is 16.2 Å². The van der Waals surface area contributed by atoms with Gasteiger partial charge in [0.1, 0.15) is 16.6 Å². The first-order valence-electron chi connectivity index (χ1n) is 9.75. The molecule has 8 heteroatoms. The predicted octanol–water partition coefficient (Wildman–Crippen LogP) is 5.51. The van der Waals surface area contributed by atoms with Crippen LogP contribution in [0.5, 0.6) is 0 Å². The molecule has 0 atom stereocenters. The summed E-state index contributed by atoms with van der Waals surface area (Å²) >= 11 is 6.35. The van der Waals surface area contributed by atoms with Gasteiger partial charge in [-0.1, -0.05) is 11.6 Å². The lowest BCUT2D eigenvalue weighted by Crippen LogP contribution is -2.35. The Morgan fingerprint density at radius 1 is 1.30 bits per heavy atom. The minimum Gasteiger partial charge on any atom is -0.443 e. The number of carbonyl (C=O) groups excluding carboxylic acids is 1. The quantitative estimate of drug-likeness (QED) is 0.518. The second-order valence-corrected chi connectivity index (χ2v) is 8.92. The van der Waals surface area contributed by atoms with E-state index in [0.29, 0.717) is 28.6 Å². The van der Waals surface area contributed by atoms with Crippen LogP contribution in [0.4, 0.5) is 16.3 Å². The van der Waals surface area contributed by atoms with Crippen molar-refractivity contribution in [1.29, 1.82) is 5.26 Å². The van der Waals surface area contributed by atoms with Gasteiger partial charge in [-0.15, -0.1) is 0 Å². The van der Waals surface area contributed by atoms with E-state index >= 15 is 0 Å². The lowest BCUT2D eigenvalue weighted by molar-refractivity contribution is 0.0597. The van der Waals surface area contributed by atoms with Gasteiger partial charge in [-0.3, -0.25) is 0 Å². The minimum atomic E-state index is -0.712. The molecule has 0 spiro atoms. The van der Waals surface area contributed by atoms with Gasteiger partial charge >= 0.3 is 6.09 Å². The SMILES string of the molecule is Cc1cc(C#N)cc(N(C(=O)OC(C)(C)C)c2cc(Cl)nc3c(C4CC4)cnn23)c1. The van der Waals surface area contributed by atoms with Crippen LogP contribution in [0.25, 0.3) is 5.65 Å². The molecule has 1 aliphatic rings. The summed E-state index contributed by atoms with van der Waals surface area (Å²) in [5.74, 6) is 0.820. The van der Waals surface area contributed by atoms with Crippen molar-refractivity contribution in [3.8, 4) is 6.07 Å². The van der Waals surface area contributed by atoms with Gasteiger partial charge in [0, 0.05) is 11.6 Å². The van der Waals surface area contributed by atoms with Crippen LogP contribution in [0, 0.1) is 18.3 Å². The van der Waals surface area contributed by atoms with E-state index in [1.54, 1.807) is 49.7 Å². The number of rotatable bonds is 3. The van der Waals surface area contributed by atoms with E-state index in [1.807, 2.05) is 13.0 Å². The van der Waals surface area contributed by atoms with E-state index in [9.17, 15) is 10.1 Å². The van der Waals surface area contributed by atoms with Gasteiger partial charge in [0.25, 0.3) is 0 Å². The summed E-state index contributed by atoms with van der Waals surface area (Å²) < 4.78 is 7.29. The van der Waals surface area contributed by atoms with Crippen LogP contribution in [-0.2, 0) is 4.74 Å². The van der Waals surface area contributed by atoms with Crippen LogP contribution in [0.15, 0.2) is 30.5 Å². The van der Waals surface area contributed by atoms with Gasteiger partial charge in [0.15, 0.2) is 5.65 Å². The van der Waals surface area contributed by atoms with Gasteiger partial charge in [-0.25, -0.2) is 14.7 Å². The van der Waals surface area contributed by atoms with Crippen molar-refractivity contribution in [1.82, 2.24) is 14.6 Å². The summed E-state index contributed by atoms with van der Waals surface area (Å²) in [6.45, 7) is 7.27. The fourth-order valence-electron chi connectivity index (χ4n) is 3.37. The zero-order valence-corrected chi connectivity index (χ0v) is 18.1. The summed E-state index contributed by atoms with van der Waals surface area (Å²) in [6, 6.07) is 8.93. The third-order valence-electron chi connectivity index (χ3n) is 4.72. The summed E-state index contributed by atoms with van der Waals surface area (Å²) in [6.07, 6.45) is 3.36. The Bertz CT molecular complexity index is 1180. The Balaban J connectivity index is 1.94. The second-order valence-electron chi connectivity index (χ2n) is 8.53. The van der Waals surface area contributed by atoms with Crippen molar-refractivity contribution in [2.45, 2.75) is 52.1 Å². The largest absolute Gasteiger partial charge is 0.443 e. The first-order valence-corrected chi connectivity index (χ1v) is 10.1. The molecule has 0 aliphatic heterocycles. The number of ether oxygens (including phenoxy) is 1. The van der Waals surface area contributed by atoms with Crippen molar-refractivity contribution in [3.63, 3.8) is 0 Å².